The number of aryl methyl sites for hydroxylation is 1. The molecule has 0 aliphatic rings. The fourth-order valence-electron chi connectivity index (χ4n) is 2.52. The number of alkyl halides is 4. The summed E-state index contributed by atoms with van der Waals surface area (Å²) in [5.74, 6) is -0.625. The number of ether oxygens (including phenoxy) is 2. The van der Waals surface area contributed by atoms with Crippen molar-refractivity contribution in [3.8, 4) is 11.5 Å². The smallest absolute Gasteiger partial charge is 0.387 e. The summed E-state index contributed by atoms with van der Waals surface area (Å²) in [7, 11) is 1.84. The van der Waals surface area contributed by atoms with Crippen LogP contribution in [-0.4, -0.2) is 23.5 Å². The molecule has 0 fully saturated rings. The van der Waals surface area contributed by atoms with E-state index in [-0.39, 0.29) is 22.8 Å². The van der Waals surface area contributed by atoms with Gasteiger partial charge in [-0.25, -0.2) is 0 Å². The number of thiazole rings is 1. The monoisotopic (exact) mass is 413 g/mol. The van der Waals surface area contributed by atoms with Gasteiger partial charge in [-0.3, -0.25) is 0 Å². The van der Waals surface area contributed by atoms with E-state index in [2.05, 4.69) is 19.7 Å². The maximum atomic E-state index is 12.7. The predicted octanol–water partition coefficient (Wildman–Crippen LogP) is 4.77. The van der Waals surface area contributed by atoms with Gasteiger partial charge in [0.25, 0.3) is 0 Å². The fraction of sp³-hybridized carbons (Fsp3) is 0.222. The van der Waals surface area contributed by atoms with Crippen molar-refractivity contribution in [1.82, 2.24) is 4.57 Å². The second-order valence-corrected chi connectivity index (χ2v) is 6.62. The number of aromatic nitrogens is 1. The first kappa shape index (κ1) is 19.9. The van der Waals surface area contributed by atoms with Gasteiger partial charge in [0, 0.05) is 18.7 Å². The van der Waals surface area contributed by atoms with Crippen molar-refractivity contribution in [2.75, 3.05) is 0 Å². The van der Waals surface area contributed by atoms with Crippen molar-refractivity contribution in [1.29, 1.82) is 0 Å². The number of para-hydroxylation sites is 1. The molecule has 148 valence electrons. The Labute approximate surface area is 161 Å². The minimum atomic E-state index is -3.13. The molecule has 0 spiro atoms. The molecule has 0 amide bonds. The first-order chi connectivity index (χ1) is 13.3. The van der Waals surface area contributed by atoms with Crippen LogP contribution in [-0.2, 0) is 7.05 Å². The molecule has 0 aliphatic carbocycles. The molecule has 28 heavy (non-hydrogen) atoms. The van der Waals surface area contributed by atoms with E-state index in [0.29, 0.717) is 4.80 Å². The van der Waals surface area contributed by atoms with E-state index in [1.807, 2.05) is 35.9 Å². The maximum Gasteiger partial charge on any atom is 0.387 e. The minimum Gasteiger partial charge on any atom is -0.435 e. The SMILES string of the molecule is CC(=NN=c1sc2ccccc2n1C)c1ccc(OC(F)F)cc1OC(F)F. The van der Waals surface area contributed by atoms with Gasteiger partial charge in [0.15, 0.2) is 0 Å². The largest absolute Gasteiger partial charge is 0.435 e. The molecule has 1 heterocycles. The van der Waals surface area contributed by atoms with Crippen LogP contribution in [0.25, 0.3) is 10.2 Å². The second kappa shape index (κ2) is 8.42. The average Bonchev–Trinajstić information content (AvgIpc) is 2.95. The Morgan fingerprint density at radius 3 is 2.43 bits per heavy atom. The van der Waals surface area contributed by atoms with Crippen LogP contribution in [0.2, 0.25) is 0 Å². The van der Waals surface area contributed by atoms with Gasteiger partial charge >= 0.3 is 13.2 Å². The van der Waals surface area contributed by atoms with E-state index >= 15 is 0 Å². The van der Waals surface area contributed by atoms with Crippen molar-refractivity contribution in [2.45, 2.75) is 20.1 Å². The summed E-state index contributed by atoms with van der Waals surface area (Å²) in [4.78, 5) is 0.606. The van der Waals surface area contributed by atoms with Crippen LogP contribution in [0, 0.1) is 0 Å². The highest BCUT2D eigenvalue weighted by atomic mass is 32.1. The first-order valence-corrected chi connectivity index (χ1v) is 8.83. The molecule has 0 atom stereocenters. The van der Waals surface area contributed by atoms with Crippen molar-refractivity contribution in [2.24, 2.45) is 17.3 Å². The van der Waals surface area contributed by atoms with Crippen LogP contribution < -0.4 is 14.3 Å². The van der Waals surface area contributed by atoms with Gasteiger partial charge in [-0.15, -0.1) is 5.10 Å². The summed E-state index contributed by atoms with van der Waals surface area (Å²) in [6.07, 6.45) is 0. The third-order valence-corrected chi connectivity index (χ3v) is 4.89. The molecule has 1 aromatic heterocycles. The van der Waals surface area contributed by atoms with Crippen LogP contribution in [0.15, 0.2) is 52.7 Å². The van der Waals surface area contributed by atoms with E-state index in [1.165, 1.54) is 23.5 Å². The van der Waals surface area contributed by atoms with Crippen molar-refractivity contribution in [3.63, 3.8) is 0 Å². The number of nitrogens with zero attached hydrogens (tertiary/aromatic N) is 3. The van der Waals surface area contributed by atoms with Gasteiger partial charge in [0.2, 0.25) is 4.80 Å². The fourth-order valence-corrected chi connectivity index (χ4v) is 3.49. The zero-order chi connectivity index (χ0) is 20.3. The highest BCUT2D eigenvalue weighted by Crippen LogP contribution is 2.28. The van der Waals surface area contributed by atoms with E-state index in [4.69, 9.17) is 0 Å². The summed E-state index contributed by atoms with van der Waals surface area (Å²) >= 11 is 1.42. The Morgan fingerprint density at radius 2 is 1.75 bits per heavy atom. The third kappa shape index (κ3) is 4.50. The molecular weight excluding hydrogens is 398 g/mol. The van der Waals surface area contributed by atoms with Crippen LogP contribution in [0.1, 0.15) is 12.5 Å². The normalized spacial score (nSPS) is 13.0. The Morgan fingerprint density at radius 1 is 1.04 bits per heavy atom. The van der Waals surface area contributed by atoms with Crippen molar-refractivity contribution < 1.29 is 27.0 Å². The van der Waals surface area contributed by atoms with E-state index in [9.17, 15) is 17.6 Å². The first-order valence-electron chi connectivity index (χ1n) is 8.02. The van der Waals surface area contributed by atoms with Crippen molar-refractivity contribution in [3.05, 3.63) is 52.8 Å². The number of hydrogen-bond acceptors (Lipinski definition) is 5. The lowest BCUT2D eigenvalue weighted by Crippen LogP contribution is -2.10. The van der Waals surface area contributed by atoms with Crippen LogP contribution in [0.5, 0.6) is 11.5 Å². The molecule has 0 saturated carbocycles. The molecule has 0 saturated heterocycles. The molecule has 3 rings (SSSR count). The molecule has 3 aromatic rings. The maximum absolute atomic E-state index is 12.7. The summed E-state index contributed by atoms with van der Waals surface area (Å²) in [6, 6.07) is 11.2. The predicted molar refractivity (Wildman–Crippen MR) is 98.3 cm³/mol. The Bertz CT molecular complexity index is 1080. The summed E-state index contributed by atoms with van der Waals surface area (Å²) in [5, 5.41) is 8.28. The number of hydrogen-bond donors (Lipinski definition) is 0. The highest BCUT2D eigenvalue weighted by molar-refractivity contribution is 7.16. The molecule has 0 bridgehead atoms. The lowest BCUT2D eigenvalue weighted by molar-refractivity contribution is -0.0543. The van der Waals surface area contributed by atoms with Crippen LogP contribution >= 0.6 is 11.3 Å². The Kier molecular flexibility index (Phi) is 5.98. The van der Waals surface area contributed by atoms with Crippen molar-refractivity contribution >= 4 is 27.3 Å². The van der Waals surface area contributed by atoms with E-state index in [0.717, 1.165) is 16.3 Å². The summed E-state index contributed by atoms with van der Waals surface area (Å²) in [6.45, 7) is -4.66. The molecule has 0 aliphatic heterocycles. The number of fused-ring (bicyclic) bond motifs is 1. The average molecular weight is 413 g/mol. The van der Waals surface area contributed by atoms with Gasteiger partial charge in [-0.2, -0.15) is 22.7 Å². The van der Waals surface area contributed by atoms with E-state index in [1.54, 1.807) is 6.92 Å². The number of rotatable bonds is 6. The van der Waals surface area contributed by atoms with Crippen LogP contribution in [0.4, 0.5) is 17.6 Å². The minimum absolute atomic E-state index is 0.189. The highest BCUT2D eigenvalue weighted by Gasteiger charge is 2.15. The van der Waals surface area contributed by atoms with E-state index < -0.39 is 13.2 Å². The lowest BCUT2D eigenvalue weighted by atomic mass is 10.1. The molecule has 0 N–H and O–H groups in total. The number of benzene rings is 2. The summed E-state index contributed by atoms with van der Waals surface area (Å²) < 4.78 is 61.7. The molecule has 5 nitrogen and oxygen atoms in total. The quantitative estimate of drug-likeness (QED) is 0.332. The lowest BCUT2D eigenvalue weighted by Gasteiger charge is -2.12. The van der Waals surface area contributed by atoms with Gasteiger partial charge in [0.1, 0.15) is 11.5 Å². The number of halogens is 4. The second-order valence-electron chi connectivity index (χ2n) is 5.61. The molecule has 10 heteroatoms. The topological polar surface area (TPSA) is 48.1 Å². The summed E-state index contributed by atoms with van der Waals surface area (Å²) in [5.41, 5.74) is 1.44. The molecule has 2 aromatic carbocycles. The molecular formula is C18H15F4N3O2S. The third-order valence-electron chi connectivity index (χ3n) is 3.78. The van der Waals surface area contributed by atoms with Gasteiger partial charge < -0.3 is 14.0 Å². The van der Waals surface area contributed by atoms with Gasteiger partial charge in [-0.1, -0.05) is 23.5 Å². The van der Waals surface area contributed by atoms with Crippen LogP contribution in [0.3, 0.4) is 0 Å². The Hall–Kier alpha value is -2.88. The van der Waals surface area contributed by atoms with Gasteiger partial charge in [0.05, 0.1) is 15.9 Å². The molecule has 0 radical (unpaired) electrons. The Balaban J connectivity index is 1.99. The zero-order valence-corrected chi connectivity index (χ0v) is 15.6. The zero-order valence-electron chi connectivity index (χ0n) is 14.8. The van der Waals surface area contributed by atoms with Gasteiger partial charge in [-0.05, 0) is 31.2 Å². The molecule has 0 unspecified atom stereocenters. The standard InChI is InChI=1S/C18H15F4N3O2S/c1-10(23-24-18-25(2)13-5-3-4-6-15(13)28-18)12-8-7-11(26-16(19)20)9-14(12)27-17(21)22/h3-9,16-17H,1-2H3.